The highest BCUT2D eigenvalue weighted by atomic mass is 35.5. The van der Waals surface area contributed by atoms with Crippen LogP contribution in [0.25, 0.3) is 0 Å². The fraction of sp³-hybridized carbons (Fsp3) is 0.441. The summed E-state index contributed by atoms with van der Waals surface area (Å²) in [6.45, 7) is 6.71. The number of likely N-dealkylation sites (tertiary alicyclic amines) is 1. The largest absolute Gasteiger partial charge is 0.494 e. The van der Waals surface area contributed by atoms with E-state index in [0.717, 1.165) is 0 Å². The monoisotopic (exact) mass is 619 g/mol. The molecule has 0 aliphatic carbocycles. The lowest BCUT2D eigenvalue weighted by Gasteiger charge is -2.39. The van der Waals surface area contributed by atoms with E-state index in [9.17, 15) is 19.5 Å². The second kappa shape index (κ2) is 12.0. The van der Waals surface area contributed by atoms with Crippen molar-refractivity contribution in [1.29, 1.82) is 0 Å². The van der Waals surface area contributed by atoms with Gasteiger partial charge in [0, 0.05) is 29.5 Å². The van der Waals surface area contributed by atoms with E-state index < -0.39 is 35.6 Å². The Morgan fingerprint density at radius 3 is 2.23 bits per heavy atom. The van der Waals surface area contributed by atoms with Gasteiger partial charge in [-0.2, -0.15) is 0 Å². The minimum absolute atomic E-state index is 0.145. The first kappa shape index (κ1) is 30.4. The van der Waals surface area contributed by atoms with Crippen LogP contribution in [0.1, 0.15) is 27.2 Å². The Morgan fingerprint density at radius 2 is 1.59 bits per heavy atom. The number of ether oxygens (including phenoxy) is 2. The Labute approximate surface area is 262 Å². The number of benzene rings is 2. The van der Waals surface area contributed by atoms with Crippen molar-refractivity contribution in [2.24, 2.45) is 17.8 Å². The molecule has 4 aliphatic rings. The van der Waals surface area contributed by atoms with Crippen molar-refractivity contribution < 1.29 is 29.0 Å². The van der Waals surface area contributed by atoms with Crippen LogP contribution in [-0.2, 0) is 19.1 Å². The summed E-state index contributed by atoms with van der Waals surface area (Å²) in [5.41, 5.74) is -0.0825. The molecule has 0 aromatic heterocycles. The van der Waals surface area contributed by atoms with Crippen molar-refractivity contribution in [2.75, 3.05) is 36.1 Å². The first-order valence-electron chi connectivity index (χ1n) is 15.3. The van der Waals surface area contributed by atoms with Crippen molar-refractivity contribution in [1.82, 2.24) is 4.90 Å². The highest BCUT2D eigenvalue weighted by Gasteiger charge is 2.72. The van der Waals surface area contributed by atoms with Crippen LogP contribution in [0.3, 0.4) is 0 Å². The summed E-state index contributed by atoms with van der Waals surface area (Å²) in [6.07, 6.45) is 7.17. The quantitative estimate of drug-likeness (QED) is 0.444. The van der Waals surface area contributed by atoms with Gasteiger partial charge in [-0.15, -0.1) is 0 Å². The summed E-state index contributed by atoms with van der Waals surface area (Å²) in [4.78, 5) is 48.5. The van der Waals surface area contributed by atoms with Crippen molar-refractivity contribution >= 4 is 40.7 Å². The first-order valence-corrected chi connectivity index (χ1v) is 15.6. The molecule has 2 aromatic carbocycles. The van der Waals surface area contributed by atoms with Crippen molar-refractivity contribution in [2.45, 2.75) is 51.0 Å². The highest BCUT2D eigenvalue weighted by Crippen LogP contribution is 2.54. The predicted octanol–water partition coefficient (Wildman–Crippen LogP) is 4.23. The van der Waals surface area contributed by atoms with Gasteiger partial charge in [-0.1, -0.05) is 49.8 Å². The molecule has 1 unspecified atom stereocenters. The van der Waals surface area contributed by atoms with Gasteiger partial charge in [0.05, 0.1) is 37.2 Å². The fourth-order valence-corrected chi connectivity index (χ4v) is 7.39. The molecule has 6 atom stereocenters. The van der Waals surface area contributed by atoms with E-state index in [2.05, 4.69) is 0 Å². The maximum Gasteiger partial charge on any atom is 0.253 e. The molecular formula is C34H38ClN3O6. The predicted molar refractivity (Wildman–Crippen MR) is 168 cm³/mol. The minimum atomic E-state index is -1.39. The number of nitrogens with zero attached hydrogens (tertiary/aromatic N) is 3. The van der Waals surface area contributed by atoms with Crippen LogP contribution in [0, 0.1) is 17.8 Å². The number of halogens is 1. The average molecular weight is 620 g/mol. The van der Waals surface area contributed by atoms with Gasteiger partial charge >= 0.3 is 0 Å². The van der Waals surface area contributed by atoms with Crippen molar-refractivity contribution in [3.05, 3.63) is 77.9 Å². The van der Waals surface area contributed by atoms with E-state index in [1.807, 2.05) is 69.3 Å². The van der Waals surface area contributed by atoms with E-state index in [1.54, 1.807) is 34.1 Å². The number of aliphatic hydroxyl groups is 1. The third-order valence-electron chi connectivity index (χ3n) is 9.04. The van der Waals surface area contributed by atoms with Gasteiger partial charge in [-0.3, -0.25) is 14.4 Å². The number of amides is 3. The fourth-order valence-electron chi connectivity index (χ4n) is 7.26. The van der Waals surface area contributed by atoms with Crippen LogP contribution in [-0.4, -0.2) is 77.8 Å². The topological polar surface area (TPSA) is 99.6 Å². The molecule has 4 heterocycles. The summed E-state index contributed by atoms with van der Waals surface area (Å²) in [5, 5.41) is 11.1. The molecule has 44 heavy (non-hydrogen) atoms. The molecule has 232 valence electrons. The van der Waals surface area contributed by atoms with Crippen LogP contribution in [0.15, 0.2) is 72.8 Å². The summed E-state index contributed by atoms with van der Waals surface area (Å²) >= 11 is 6.14. The molecule has 4 aliphatic heterocycles. The van der Waals surface area contributed by atoms with Crippen molar-refractivity contribution in [3.63, 3.8) is 0 Å². The van der Waals surface area contributed by atoms with E-state index in [-0.39, 0.29) is 36.8 Å². The zero-order valence-corrected chi connectivity index (χ0v) is 25.9. The molecule has 0 radical (unpaired) electrons. The zero-order chi connectivity index (χ0) is 31.2. The smallest absolute Gasteiger partial charge is 0.253 e. The molecule has 0 saturated carbocycles. The van der Waals surface area contributed by atoms with E-state index in [4.69, 9.17) is 21.1 Å². The summed E-state index contributed by atoms with van der Waals surface area (Å²) in [5.74, 6) is -1.90. The number of aliphatic hydroxyl groups excluding tert-OH is 1. The molecular weight excluding hydrogens is 582 g/mol. The molecule has 0 bridgehead atoms. The third kappa shape index (κ3) is 5.01. The second-order valence-corrected chi connectivity index (χ2v) is 12.6. The van der Waals surface area contributed by atoms with Gasteiger partial charge in [0.2, 0.25) is 11.8 Å². The summed E-state index contributed by atoms with van der Waals surface area (Å²) < 4.78 is 12.3. The Balaban J connectivity index is 1.43. The summed E-state index contributed by atoms with van der Waals surface area (Å²) in [6, 6.07) is 12.6. The minimum Gasteiger partial charge on any atom is -0.494 e. The highest BCUT2D eigenvalue weighted by molar-refractivity contribution is 6.30. The van der Waals surface area contributed by atoms with Gasteiger partial charge in [0.1, 0.15) is 17.4 Å². The number of carbonyl (C=O) groups excluding carboxylic acids is 3. The third-order valence-corrected chi connectivity index (χ3v) is 9.29. The number of fused-ring (bicyclic) bond motifs is 2. The number of carbonyl (C=O) groups is 3. The average Bonchev–Trinajstić information content (AvgIpc) is 3.32. The van der Waals surface area contributed by atoms with Gasteiger partial charge in [0.15, 0.2) is 0 Å². The lowest BCUT2D eigenvalue weighted by atomic mass is 9.77. The Kier molecular flexibility index (Phi) is 8.30. The molecule has 6 rings (SSSR count). The molecule has 9 nitrogen and oxygen atoms in total. The standard InChI is InChI=1S/C34H38ClN3O6/c1-4-43-26-14-12-24(13-15-26)36-17-5-7-27-28(31(36)40)29-32(41)38(25(20-39)19-21(2)3)30-33(42)37(18-6-16-34(29,30)44-27)23-10-8-22(35)9-11-23/h5-16,21,25,27-30,39H,4,17-20H2,1-3H3/t25-,27-,28+,29+,30?,34+/m1/s1. The molecule has 1 spiro atoms. The molecule has 3 amide bonds. The lowest BCUT2D eigenvalue weighted by Crippen LogP contribution is -2.58. The van der Waals surface area contributed by atoms with E-state index in [0.29, 0.717) is 41.7 Å². The van der Waals surface area contributed by atoms with Gasteiger partial charge in [-0.05, 0) is 67.8 Å². The molecule has 2 fully saturated rings. The Bertz CT molecular complexity index is 1470. The first-order chi connectivity index (χ1) is 21.2. The SMILES string of the molecule is CCOc1ccc(N2CC=C[C@H]3O[C@]45C=CCN(c6ccc(Cl)cc6)C(=O)C4N([C@@H](CO)CC(C)C)C(=O)[C@@H]5[C@H]3C2=O)cc1. The molecule has 10 heteroatoms. The van der Waals surface area contributed by atoms with E-state index >= 15 is 0 Å². The van der Waals surface area contributed by atoms with Crippen LogP contribution in [0.2, 0.25) is 5.02 Å². The van der Waals surface area contributed by atoms with Gasteiger partial charge < -0.3 is 29.3 Å². The lowest BCUT2D eigenvalue weighted by molar-refractivity contribution is -0.144. The Hall–Kier alpha value is -3.66. The van der Waals surface area contributed by atoms with Crippen molar-refractivity contribution in [3.8, 4) is 5.75 Å². The number of hydrogen-bond donors (Lipinski definition) is 1. The molecule has 2 aromatic rings. The molecule has 1 N–H and O–H groups in total. The zero-order valence-electron chi connectivity index (χ0n) is 25.1. The number of rotatable bonds is 8. The van der Waals surface area contributed by atoms with Crippen LogP contribution in [0.4, 0.5) is 11.4 Å². The van der Waals surface area contributed by atoms with Crippen LogP contribution in [0.5, 0.6) is 5.75 Å². The maximum atomic E-state index is 14.6. The number of anilines is 2. The maximum absolute atomic E-state index is 14.6. The van der Waals surface area contributed by atoms with E-state index in [1.165, 1.54) is 4.90 Å². The Morgan fingerprint density at radius 1 is 0.955 bits per heavy atom. The van der Waals surface area contributed by atoms with Crippen LogP contribution < -0.4 is 14.5 Å². The van der Waals surface area contributed by atoms with Gasteiger partial charge in [-0.25, -0.2) is 0 Å². The number of hydrogen-bond acceptors (Lipinski definition) is 6. The molecule has 2 saturated heterocycles. The summed E-state index contributed by atoms with van der Waals surface area (Å²) in [7, 11) is 0. The normalized spacial score (nSPS) is 28.6. The second-order valence-electron chi connectivity index (χ2n) is 12.2. The van der Waals surface area contributed by atoms with Crippen LogP contribution >= 0.6 is 11.6 Å². The van der Waals surface area contributed by atoms with Gasteiger partial charge in [0.25, 0.3) is 5.91 Å².